The summed E-state index contributed by atoms with van der Waals surface area (Å²) in [5.74, 6) is -0.708. The van der Waals surface area contributed by atoms with Crippen molar-refractivity contribution in [3.8, 4) is 0 Å². The van der Waals surface area contributed by atoms with E-state index in [1.54, 1.807) is 85.1 Å². The largest absolute Gasteiger partial charge is 0.378 e. The number of ketones is 1. The number of aromatic nitrogens is 1. The number of nitrogens with zero attached hydrogens (tertiary/aromatic N) is 2. The number of rotatable bonds is 7. The van der Waals surface area contributed by atoms with E-state index < -0.39 is 0 Å². The van der Waals surface area contributed by atoms with Gasteiger partial charge in [0, 0.05) is 53.0 Å². The normalized spacial score (nSPS) is 13.0. The molecule has 1 aliphatic rings. The van der Waals surface area contributed by atoms with Gasteiger partial charge in [0.2, 0.25) is 0 Å². The van der Waals surface area contributed by atoms with Crippen LogP contribution in [0.1, 0.15) is 36.8 Å². The molecule has 8 heteroatoms. The molecular formula is C30H26N4O4. The summed E-state index contributed by atoms with van der Waals surface area (Å²) in [6, 6.07) is 26.0. The van der Waals surface area contributed by atoms with Crippen LogP contribution in [0.2, 0.25) is 0 Å². The van der Waals surface area contributed by atoms with E-state index in [9.17, 15) is 14.4 Å². The molecule has 2 heterocycles. The second-order valence-corrected chi connectivity index (χ2v) is 8.75. The van der Waals surface area contributed by atoms with Crippen LogP contribution in [0.25, 0.3) is 0 Å². The van der Waals surface area contributed by atoms with E-state index in [0.29, 0.717) is 47.0 Å². The predicted octanol–water partition coefficient (Wildman–Crippen LogP) is 4.65. The van der Waals surface area contributed by atoms with Gasteiger partial charge >= 0.3 is 0 Å². The molecule has 2 N–H and O–H groups in total. The van der Waals surface area contributed by atoms with Gasteiger partial charge in [-0.3, -0.25) is 19.4 Å². The van der Waals surface area contributed by atoms with E-state index in [1.165, 1.54) is 0 Å². The number of nitrogens with one attached hydrogen (secondary N) is 2. The van der Waals surface area contributed by atoms with Crippen LogP contribution in [0, 0.1) is 0 Å². The molecule has 0 bridgehead atoms. The fourth-order valence-electron chi connectivity index (χ4n) is 4.12. The summed E-state index contributed by atoms with van der Waals surface area (Å²) in [7, 11) is 0. The molecule has 3 aromatic carbocycles. The van der Waals surface area contributed by atoms with Crippen LogP contribution in [0.15, 0.2) is 97.2 Å². The highest BCUT2D eigenvalue weighted by molar-refractivity contribution is 6.10. The number of morpholine rings is 1. The molecule has 4 aromatic rings. The first-order valence-electron chi connectivity index (χ1n) is 12.3. The molecule has 1 aliphatic heterocycles. The SMILES string of the molecule is O=C(Nc1ccc(C(=O)c2ccc(NC(=O)c3ccccn3)cc2)cc1)c1ccc(N2CCOCC2)cc1. The maximum absolute atomic E-state index is 12.9. The van der Waals surface area contributed by atoms with Crippen molar-refractivity contribution in [2.24, 2.45) is 0 Å². The van der Waals surface area contributed by atoms with Crippen molar-refractivity contribution >= 4 is 34.7 Å². The second-order valence-electron chi connectivity index (χ2n) is 8.75. The van der Waals surface area contributed by atoms with Crippen LogP contribution >= 0.6 is 0 Å². The maximum atomic E-state index is 12.9. The molecule has 8 nitrogen and oxygen atoms in total. The second kappa shape index (κ2) is 11.5. The van der Waals surface area contributed by atoms with Crippen molar-refractivity contribution in [2.75, 3.05) is 41.8 Å². The van der Waals surface area contributed by atoms with Crippen molar-refractivity contribution in [1.82, 2.24) is 4.98 Å². The zero-order valence-corrected chi connectivity index (χ0v) is 20.6. The van der Waals surface area contributed by atoms with Gasteiger partial charge in [-0.2, -0.15) is 0 Å². The number of carbonyl (C=O) groups excluding carboxylic acids is 3. The Morgan fingerprint density at radius 1 is 0.658 bits per heavy atom. The van der Waals surface area contributed by atoms with Crippen LogP contribution in [-0.4, -0.2) is 48.9 Å². The lowest BCUT2D eigenvalue weighted by Crippen LogP contribution is -2.36. The Labute approximate surface area is 220 Å². The molecule has 1 fully saturated rings. The Balaban J connectivity index is 1.17. The van der Waals surface area contributed by atoms with E-state index >= 15 is 0 Å². The summed E-state index contributed by atoms with van der Waals surface area (Å²) < 4.78 is 5.39. The van der Waals surface area contributed by atoms with Crippen LogP contribution in [0.4, 0.5) is 17.1 Å². The predicted molar refractivity (Wildman–Crippen MR) is 146 cm³/mol. The zero-order valence-electron chi connectivity index (χ0n) is 20.6. The van der Waals surface area contributed by atoms with Gasteiger partial charge in [0.25, 0.3) is 11.8 Å². The van der Waals surface area contributed by atoms with Gasteiger partial charge in [-0.05, 0) is 84.9 Å². The van der Waals surface area contributed by atoms with Crippen molar-refractivity contribution in [3.63, 3.8) is 0 Å². The van der Waals surface area contributed by atoms with Gasteiger partial charge in [0.1, 0.15) is 5.69 Å². The monoisotopic (exact) mass is 506 g/mol. The quantitative estimate of drug-likeness (QED) is 0.354. The minimum Gasteiger partial charge on any atom is -0.378 e. The summed E-state index contributed by atoms with van der Waals surface area (Å²) in [5.41, 5.74) is 4.06. The number of benzene rings is 3. The molecule has 0 radical (unpaired) electrons. The lowest BCUT2D eigenvalue weighted by Gasteiger charge is -2.28. The number of carbonyl (C=O) groups is 3. The standard InChI is InChI=1S/C30H26N4O4/c35-28(22-6-12-25(13-7-22)33-30(37)27-3-1-2-16-31-27)21-4-10-24(11-5-21)32-29(36)23-8-14-26(15-9-23)34-17-19-38-20-18-34/h1-16H,17-20H2,(H,32,36)(H,33,37). The number of hydrogen-bond acceptors (Lipinski definition) is 6. The maximum Gasteiger partial charge on any atom is 0.274 e. The fourth-order valence-corrected chi connectivity index (χ4v) is 4.12. The molecule has 0 unspecified atom stereocenters. The Hall–Kier alpha value is -4.82. The van der Waals surface area contributed by atoms with E-state index in [4.69, 9.17) is 4.74 Å². The Kier molecular flexibility index (Phi) is 7.52. The topological polar surface area (TPSA) is 101 Å². The van der Waals surface area contributed by atoms with Crippen LogP contribution in [0.3, 0.4) is 0 Å². The third kappa shape index (κ3) is 5.93. The average Bonchev–Trinajstić information content (AvgIpc) is 2.98. The molecule has 0 saturated carbocycles. The molecule has 2 amide bonds. The van der Waals surface area contributed by atoms with E-state index in [0.717, 1.165) is 18.8 Å². The third-order valence-corrected chi connectivity index (χ3v) is 6.21. The molecule has 1 aromatic heterocycles. The van der Waals surface area contributed by atoms with Gasteiger partial charge in [0.05, 0.1) is 13.2 Å². The third-order valence-electron chi connectivity index (χ3n) is 6.21. The highest BCUT2D eigenvalue weighted by Crippen LogP contribution is 2.19. The number of amides is 2. The number of ether oxygens (including phenoxy) is 1. The molecule has 1 saturated heterocycles. The minimum atomic E-state index is -0.324. The summed E-state index contributed by atoms with van der Waals surface area (Å²) in [4.78, 5) is 44.1. The van der Waals surface area contributed by atoms with Gasteiger partial charge in [-0.15, -0.1) is 0 Å². The molecule has 38 heavy (non-hydrogen) atoms. The molecule has 190 valence electrons. The van der Waals surface area contributed by atoms with E-state index in [1.807, 2.05) is 12.1 Å². The lowest BCUT2D eigenvalue weighted by atomic mass is 10.0. The summed E-state index contributed by atoms with van der Waals surface area (Å²) >= 11 is 0. The lowest BCUT2D eigenvalue weighted by molar-refractivity contribution is 0.101. The molecule has 0 atom stereocenters. The van der Waals surface area contributed by atoms with Crippen LogP contribution < -0.4 is 15.5 Å². The van der Waals surface area contributed by atoms with Crippen molar-refractivity contribution < 1.29 is 19.1 Å². The average molecular weight is 507 g/mol. The van der Waals surface area contributed by atoms with Crippen LogP contribution in [0.5, 0.6) is 0 Å². The summed E-state index contributed by atoms with van der Waals surface area (Å²) in [6.45, 7) is 3.08. The minimum absolute atomic E-state index is 0.163. The highest BCUT2D eigenvalue weighted by Gasteiger charge is 2.14. The van der Waals surface area contributed by atoms with Crippen molar-refractivity contribution in [3.05, 3.63) is 120 Å². The summed E-state index contributed by atoms with van der Waals surface area (Å²) in [5, 5.41) is 5.64. The van der Waals surface area contributed by atoms with Gasteiger partial charge in [-0.25, -0.2) is 0 Å². The smallest absolute Gasteiger partial charge is 0.274 e. The first-order valence-corrected chi connectivity index (χ1v) is 12.3. The van der Waals surface area contributed by atoms with E-state index in [2.05, 4.69) is 20.5 Å². The first kappa shape index (κ1) is 24.9. The summed E-state index contributed by atoms with van der Waals surface area (Å²) in [6.07, 6.45) is 1.55. The van der Waals surface area contributed by atoms with Gasteiger partial charge < -0.3 is 20.3 Å². The Morgan fingerprint density at radius 3 is 1.76 bits per heavy atom. The van der Waals surface area contributed by atoms with Gasteiger partial charge in [0.15, 0.2) is 5.78 Å². The van der Waals surface area contributed by atoms with Gasteiger partial charge in [-0.1, -0.05) is 6.07 Å². The molecule has 0 spiro atoms. The number of pyridine rings is 1. The van der Waals surface area contributed by atoms with Crippen LogP contribution in [-0.2, 0) is 4.74 Å². The number of hydrogen-bond donors (Lipinski definition) is 2. The number of anilines is 3. The van der Waals surface area contributed by atoms with Crippen molar-refractivity contribution in [2.45, 2.75) is 0 Å². The Bertz CT molecular complexity index is 1410. The zero-order chi connectivity index (χ0) is 26.3. The molecule has 0 aliphatic carbocycles. The Morgan fingerprint density at radius 2 is 1.21 bits per heavy atom. The molecule has 5 rings (SSSR count). The van der Waals surface area contributed by atoms with Crippen molar-refractivity contribution in [1.29, 1.82) is 0 Å². The van der Waals surface area contributed by atoms with E-state index in [-0.39, 0.29) is 17.6 Å². The first-order chi connectivity index (χ1) is 18.6. The fraction of sp³-hybridized carbons (Fsp3) is 0.133. The highest BCUT2D eigenvalue weighted by atomic mass is 16.5. The molecular weight excluding hydrogens is 480 g/mol.